The number of hydrogen-bond donors (Lipinski definition) is 1. The van der Waals surface area contributed by atoms with E-state index in [-0.39, 0.29) is 5.60 Å². The van der Waals surface area contributed by atoms with E-state index in [1.807, 2.05) is 19.3 Å². The van der Waals surface area contributed by atoms with Crippen molar-refractivity contribution in [1.82, 2.24) is 4.98 Å². The maximum Gasteiger partial charge on any atom is 0.125 e. The second-order valence-corrected chi connectivity index (χ2v) is 4.68. The maximum atomic E-state index is 5.69. The molecule has 0 unspecified atom stereocenters. The fourth-order valence-electron chi connectivity index (χ4n) is 1.96. The van der Waals surface area contributed by atoms with Crippen LogP contribution < -0.4 is 10.2 Å². The molecule has 0 atom stereocenters. The summed E-state index contributed by atoms with van der Waals surface area (Å²) < 4.78 is 5.69. The Kier molecular flexibility index (Phi) is 3.01. The number of anilines is 2. The van der Waals surface area contributed by atoms with Crippen molar-refractivity contribution in [3.8, 4) is 0 Å². The van der Waals surface area contributed by atoms with Gasteiger partial charge in [-0.1, -0.05) is 0 Å². The number of ether oxygens (including phenoxy) is 1. The second-order valence-electron chi connectivity index (χ2n) is 4.68. The minimum Gasteiger partial charge on any atom is -0.373 e. The zero-order valence-electron chi connectivity index (χ0n) is 10.2. The third-order valence-corrected chi connectivity index (χ3v) is 2.79. The van der Waals surface area contributed by atoms with Crippen LogP contribution in [0.1, 0.15) is 13.8 Å². The molecule has 0 saturated carbocycles. The van der Waals surface area contributed by atoms with Crippen LogP contribution in [0.3, 0.4) is 0 Å². The van der Waals surface area contributed by atoms with E-state index in [1.54, 1.807) is 0 Å². The number of pyridine rings is 1. The van der Waals surface area contributed by atoms with Gasteiger partial charge in [-0.15, -0.1) is 0 Å². The summed E-state index contributed by atoms with van der Waals surface area (Å²) in [5.41, 5.74) is 1.09. The van der Waals surface area contributed by atoms with Crippen LogP contribution in [0.25, 0.3) is 0 Å². The molecule has 4 heteroatoms. The third kappa shape index (κ3) is 2.44. The summed E-state index contributed by atoms with van der Waals surface area (Å²) in [5.74, 6) is 0.899. The Hall–Kier alpha value is -1.29. The highest BCUT2D eigenvalue weighted by Crippen LogP contribution is 2.22. The van der Waals surface area contributed by atoms with E-state index in [2.05, 4.69) is 35.1 Å². The van der Waals surface area contributed by atoms with Gasteiger partial charge in [-0.2, -0.15) is 0 Å². The van der Waals surface area contributed by atoms with Crippen molar-refractivity contribution in [2.75, 3.05) is 37.0 Å². The van der Waals surface area contributed by atoms with Crippen molar-refractivity contribution in [3.05, 3.63) is 18.3 Å². The molecule has 1 aromatic rings. The number of hydrogen-bond acceptors (Lipinski definition) is 4. The molecule has 0 bridgehead atoms. The summed E-state index contributed by atoms with van der Waals surface area (Å²) in [6, 6.07) is 4.10. The normalized spacial score (nSPS) is 19.6. The highest BCUT2D eigenvalue weighted by molar-refractivity contribution is 5.49. The molecule has 1 fully saturated rings. The molecular weight excluding hydrogens is 202 g/mol. The van der Waals surface area contributed by atoms with Crippen LogP contribution in [0.2, 0.25) is 0 Å². The van der Waals surface area contributed by atoms with E-state index in [4.69, 9.17) is 4.74 Å². The smallest absolute Gasteiger partial charge is 0.125 e. The van der Waals surface area contributed by atoms with Crippen molar-refractivity contribution in [3.63, 3.8) is 0 Å². The van der Waals surface area contributed by atoms with Crippen molar-refractivity contribution < 1.29 is 4.74 Å². The molecule has 0 aliphatic carbocycles. The van der Waals surface area contributed by atoms with Crippen molar-refractivity contribution in [2.45, 2.75) is 19.4 Å². The van der Waals surface area contributed by atoms with E-state index in [0.717, 1.165) is 31.2 Å². The van der Waals surface area contributed by atoms with Crippen LogP contribution in [-0.2, 0) is 4.74 Å². The van der Waals surface area contributed by atoms with Crippen molar-refractivity contribution in [1.29, 1.82) is 0 Å². The van der Waals surface area contributed by atoms with E-state index >= 15 is 0 Å². The van der Waals surface area contributed by atoms with E-state index in [0.29, 0.717) is 0 Å². The SMILES string of the molecule is CNc1ccc(N2CCOC(C)(C)C2)cn1. The average Bonchev–Trinajstić information content (AvgIpc) is 2.28. The Morgan fingerprint density at radius 3 is 2.81 bits per heavy atom. The Morgan fingerprint density at radius 1 is 1.44 bits per heavy atom. The quantitative estimate of drug-likeness (QED) is 0.825. The highest BCUT2D eigenvalue weighted by Gasteiger charge is 2.27. The predicted molar refractivity (Wildman–Crippen MR) is 66.0 cm³/mol. The molecule has 0 spiro atoms. The summed E-state index contributed by atoms with van der Waals surface area (Å²) in [5, 5.41) is 3.02. The number of morpholine rings is 1. The molecule has 0 aromatic carbocycles. The Balaban J connectivity index is 2.11. The predicted octanol–water partition coefficient (Wildman–Crippen LogP) is 1.74. The van der Waals surface area contributed by atoms with Crippen LogP contribution in [0.4, 0.5) is 11.5 Å². The minimum absolute atomic E-state index is 0.0695. The maximum absolute atomic E-state index is 5.69. The Bertz CT molecular complexity index is 348. The fraction of sp³-hybridized carbons (Fsp3) is 0.583. The molecule has 1 aliphatic rings. The van der Waals surface area contributed by atoms with Crippen molar-refractivity contribution in [2.24, 2.45) is 0 Å². The summed E-state index contributed by atoms with van der Waals surface area (Å²) in [6.45, 7) is 6.86. The average molecular weight is 221 g/mol. The van der Waals surface area contributed by atoms with Gasteiger partial charge in [-0.3, -0.25) is 0 Å². The van der Waals surface area contributed by atoms with E-state index in [1.165, 1.54) is 0 Å². The summed E-state index contributed by atoms with van der Waals surface area (Å²) in [7, 11) is 1.87. The molecule has 0 radical (unpaired) electrons. The zero-order chi connectivity index (χ0) is 11.6. The van der Waals surface area contributed by atoms with Crippen LogP contribution >= 0.6 is 0 Å². The first-order valence-electron chi connectivity index (χ1n) is 5.63. The zero-order valence-corrected chi connectivity index (χ0v) is 10.2. The molecule has 88 valence electrons. The molecule has 0 amide bonds. The van der Waals surface area contributed by atoms with Gasteiger partial charge >= 0.3 is 0 Å². The Labute approximate surface area is 96.6 Å². The summed E-state index contributed by atoms with van der Waals surface area (Å²) >= 11 is 0. The summed E-state index contributed by atoms with van der Waals surface area (Å²) in [4.78, 5) is 6.64. The van der Waals surface area contributed by atoms with Crippen LogP contribution in [0.5, 0.6) is 0 Å². The third-order valence-electron chi connectivity index (χ3n) is 2.79. The van der Waals surface area contributed by atoms with Gasteiger partial charge in [-0.05, 0) is 26.0 Å². The lowest BCUT2D eigenvalue weighted by Gasteiger charge is -2.39. The lowest BCUT2D eigenvalue weighted by molar-refractivity contribution is -0.0277. The largest absolute Gasteiger partial charge is 0.373 e. The van der Waals surface area contributed by atoms with Gasteiger partial charge in [0.1, 0.15) is 5.82 Å². The van der Waals surface area contributed by atoms with Gasteiger partial charge < -0.3 is 15.0 Å². The lowest BCUT2D eigenvalue weighted by Crippen LogP contribution is -2.48. The van der Waals surface area contributed by atoms with Gasteiger partial charge in [0.25, 0.3) is 0 Å². The standard InChI is InChI=1S/C12H19N3O/c1-12(2)9-15(6-7-16-12)10-4-5-11(13-3)14-8-10/h4-5,8H,6-7,9H2,1-3H3,(H,13,14). The van der Waals surface area contributed by atoms with E-state index < -0.39 is 0 Å². The molecule has 1 aromatic heterocycles. The topological polar surface area (TPSA) is 37.4 Å². The van der Waals surface area contributed by atoms with Gasteiger partial charge in [0.15, 0.2) is 0 Å². The lowest BCUT2D eigenvalue weighted by atomic mass is 10.1. The molecule has 1 saturated heterocycles. The fourth-order valence-corrected chi connectivity index (χ4v) is 1.96. The second kappa shape index (κ2) is 4.29. The molecule has 16 heavy (non-hydrogen) atoms. The molecule has 1 aliphatic heterocycles. The van der Waals surface area contributed by atoms with Gasteiger partial charge in [0.2, 0.25) is 0 Å². The number of nitrogens with zero attached hydrogens (tertiary/aromatic N) is 2. The molecule has 2 rings (SSSR count). The van der Waals surface area contributed by atoms with Gasteiger partial charge in [-0.25, -0.2) is 4.98 Å². The van der Waals surface area contributed by atoms with Crippen molar-refractivity contribution >= 4 is 11.5 Å². The minimum atomic E-state index is -0.0695. The molecule has 2 heterocycles. The first-order valence-corrected chi connectivity index (χ1v) is 5.63. The number of aromatic nitrogens is 1. The molecule has 1 N–H and O–H groups in total. The van der Waals surface area contributed by atoms with Gasteiger partial charge in [0.05, 0.1) is 24.1 Å². The molecular formula is C12H19N3O. The highest BCUT2D eigenvalue weighted by atomic mass is 16.5. The Morgan fingerprint density at radius 2 is 2.25 bits per heavy atom. The summed E-state index contributed by atoms with van der Waals surface area (Å²) in [6.07, 6.45) is 1.91. The first kappa shape index (κ1) is 11.2. The first-order chi connectivity index (χ1) is 7.61. The number of rotatable bonds is 2. The van der Waals surface area contributed by atoms with E-state index in [9.17, 15) is 0 Å². The van der Waals surface area contributed by atoms with Gasteiger partial charge in [0, 0.05) is 20.1 Å². The molecule has 4 nitrogen and oxygen atoms in total. The van der Waals surface area contributed by atoms with Crippen LogP contribution in [0.15, 0.2) is 18.3 Å². The van der Waals surface area contributed by atoms with Crippen LogP contribution in [0, 0.1) is 0 Å². The monoisotopic (exact) mass is 221 g/mol. The van der Waals surface area contributed by atoms with Crippen LogP contribution in [-0.4, -0.2) is 37.3 Å². The number of nitrogens with one attached hydrogen (secondary N) is 1.